The molecule has 74 valence electrons. The van der Waals surface area contributed by atoms with Gasteiger partial charge in [0.05, 0.1) is 0 Å². The quantitative estimate of drug-likeness (QED) is 0.565. The second kappa shape index (κ2) is 5.43. The monoisotopic (exact) mass is 186 g/mol. The molecule has 0 unspecified atom stereocenters. The van der Waals surface area contributed by atoms with Crippen molar-refractivity contribution in [3.8, 4) is 0 Å². The van der Waals surface area contributed by atoms with E-state index in [2.05, 4.69) is 63.2 Å². The molecule has 2 aromatic carbocycles. The highest BCUT2D eigenvalue weighted by atomic mass is 13.9. The third-order valence-corrected chi connectivity index (χ3v) is 1.90. The standard InChI is InChI=1S/C11H10.C3H8/c1-9-6-7-10-4-2-3-5-11(10)8-9;1-3-2/h2-8H,1H3;3H2,1-2H3. The van der Waals surface area contributed by atoms with Crippen LogP contribution in [0.1, 0.15) is 25.8 Å². The minimum absolute atomic E-state index is 1.25. The SMILES string of the molecule is CCC.Cc1ccc2ccccc2c1. The fraction of sp³-hybridized carbons (Fsp3) is 0.286. The second-order valence-electron chi connectivity index (χ2n) is 3.56. The molecule has 0 aliphatic heterocycles. The summed E-state index contributed by atoms with van der Waals surface area (Å²) < 4.78 is 0. The van der Waals surface area contributed by atoms with E-state index in [0.717, 1.165) is 0 Å². The Bertz CT molecular complexity index is 388. The fourth-order valence-electron chi connectivity index (χ4n) is 1.31. The predicted molar refractivity (Wildman–Crippen MR) is 64.7 cm³/mol. The molecule has 0 fully saturated rings. The van der Waals surface area contributed by atoms with Crippen LogP contribution in [0.15, 0.2) is 42.5 Å². The van der Waals surface area contributed by atoms with Gasteiger partial charge in [0.15, 0.2) is 0 Å². The molecule has 0 aliphatic rings. The molecule has 0 heterocycles. The van der Waals surface area contributed by atoms with E-state index in [4.69, 9.17) is 0 Å². The van der Waals surface area contributed by atoms with Crippen LogP contribution < -0.4 is 0 Å². The van der Waals surface area contributed by atoms with Crippen molar-refractivity contribution in [1.29, 1.82) is 0 Å². The molecule has 0 heteroatoms. The molecule has 0 saturated heterocycles. The first-order chi connectivity index (χ1) is 6.77. The molecular formula is C14H18. The Morgan fingerprint density at radius 3 is 2.07 bits per heavy atom. The highest BCUT2D eigenvalue weighted by molar-refractivity contribution is 5.82. The summed E-state index contributed by atoms with van der Waals surface area (Å²) in [5.74, 6) is 0. The van der Waals surface area contributed by atoms with Gasteiger partial charge in [-0.1, -0.05) is 68.3 Å². The Hall–Kier alpha value is -1.30. The average Bonchev–Trinajstić information content (AvgIpc) is 2.19. The Balaban J connectivity index is 0.000000293. The number of fused-ring (bicyclic) bond motifs is 1. The summed E-state index contributed by atoms with van der Waals surface area (Å²) in [4.78, 5) is 0. The van der Waals surface area contributed by atoms with Crippen molar-refractivity contribution in [2.45, 2.75) is 27.2 Å². The van der Waals surface area contributed by atoms with Gasteiger partial charge in [-0.05, 0) is 17.7 Å². The summed E-state index contributed by atoms with van der Waals surface area (Å²) in [6.07, 6.45) is 1.25. The van der Waals surface area contributed by atoms with Gasteiger partial charge in [0.1, 0.15) is 0 Å². The van der Waals surface area contributed by atoms with Crippen molar-refractivity contribution in [2.75, 3.05) is 0 Å². The smallest absolute Gasteiger partial charge is 0.0181 e. The molecule has 0 amide bonds. The number of hydrogen-bond donors (Lipinski definition) is 0. The van der Waals surface area contributed by atoms with Gasteiger partial charge >= 0.3 is 0 Å². The van der Waals surface area contributed by atoms with Crippen molar-refractivity contribution in [3.05, 3.63) is 48.0 Å². The zero-order chi connectivity index (χ0) is 10.4. The zero-order valence-electron chi connectivity index (χ0n) is 9.25. The van der Waals surface area contributed by atoms with Crippen molar-refractivity contribution < 1.29 is 0 Å². The van der Waals surface area contributed by atoms with Crippen LogP contribution in [-0.4, -0.2) is 0 Å². The molecule has 2 rings (SSSR count). The maximum Gasteiger partial charge on any atom is -0.0181 e. The Morgan fingerprint density at radius 1 is 0.857 bits per heavy atom. The molecule has 0 aliphatic carbocycles. The van der Waals surface area contributed by atoms with Crippen LogP contribution >= 0.6 is 0 Å². The normalized spacial score (nSPS) is 9.36. The fourth-order valence-corrected chi connectivity index (χ4v) is 1.31. The van der Waals surface area contributed by atoms with E-state index in [1.165, 1.54) is 22.8 Å². The molecule has 0 nitrogen and oxygen atoms in total. The van der Waals surface area contributed by atoms with E-state index in [-0.39, 0.29) is 0 Å². The van der Waals surface area contributed by atoms with Gasteiger partial charge in [0.25, 0.3) is 0 Å². The third kappa shape index (κ3) is 2.88. The zero-order valence-corrected chi connectivity index (χ0v) is 9.25. The van der Waals surface area contributed by atoms with Crippen LogP contribution in [0.2, 0.25) is 0 Å². The van der Waals surface area contributed by atoms with Crippen molar-refractivity contribution in [2.24, 2.45) is 0 Å². The van der Waals surface area contributed by atoms with Gasteiger partial charge in [0.2, 0.25) is 0 Å². The minimum Gasteiger partial charge on any atom is -0.0656 e. The van der Waals surface area contributed by atoms with E-state index in [0.29, 0.717) is 0 Å². The molecule has 0 spiro atoms. The third-order valence-electron chi connectivity index (χ3n) is 1.90. The van der Waals surface area contributed by atoms with Gasteiger partial charge in [-0.25, -0.2) is 0 Å². The minimum atomic E-state index is 1.25. The molecule has 0 atom stereocenters. The number of aryl methyl sites for hydroxylation is 1. The van der Waals surface area contributed by atoms with Crippen molar-refractivity contribution >= 4 is 10.8 Å². The van der Waals surface area contributed by atoms with Crippen molar-refractivity contribution in [1.82, 2.24) is 0 Å². The lowest BCUT2D eigenvalue weighted by molar-refractivity contribution is 1.09. The van der Waals surface area contributed by atoms with Crippen LogP contribution in [0.4, 0.5) is 0 Å². The lowest BCUT2D eigenvalue weighted by Gasteiger charge is -1.96. The van der Waals surface area contributed by atoms with E-state index in [9.17, 15) is 0 Å². The number of hydrogen-bond acceptors (Lipinski definition) is 0. The summed E-state index contributed by atoms with van der Waals surface area (Å²) in [6, 6.07) is 14.9. The number of benzene rings is 2. The van der Waals surface area contributed by atoms with Gasteiger partial charge in [0, 0.05) is 0 Å². The van der Waals surface area contributed by atoms with Crippen LogP contribution in [0, 0.1) is 6.92 Å². The van der Waals surface area contributed by atoms with Crippen LogP contribution in [0.25, 0.3) is 10.8 Å². The summed E-state index contributed by atoms with van der Waals surface area (Å²) in [5, 5.41) is 2.64. The number of rotatable bonds is 0. The summed E-state index contributed by atoms with van der Waals surface area (Å²) in [6.45, 7) is 6.37. The molecule has 2 aromatic rings. The lowest BCUT2D eigenvalue weighted by atomic mass is 10.1. The highest BCUT2D eigenvalue weighted by Crippen LogP contribution is 2.14. The molecule has 0 aromatic heterocycles. The molecular weight excluding hydrogens is 168 g/mol. The van der Waals surface area contributed by atoms with Crippen LogP contribution in [0.5, 0.6) is 0 Å². The Labute approximate surface area is 86.6 Å². The van der Waals surface area contributed by atoms with E-state index in [1.54, 1.807) is 0 Å². The first-order valence-corrected chi connectivity index (χ1v) is 5.23. The molecule has 0 radical (unpaired) electrons. The first kappa shape index (κ1) is 10.8. The topological polar surface area (TPSA) is 0 Å². The lowest BCUT2D eigenvalue weighted by Crippen LogP contribution is -1.73. The maximum absolute atomic E-state index is 2.20. The maximum atomic E-state index is 2.20. The molecule has 0 bridgehead atoms. The van der Waals surface area contributed by atoms with Crippen LogP contribution in [0.3, 0.4) is 0 Å². The predicted octanol–water partition coefficient (Wildman–Crippen LogP) is 4.56. The van der Waals surface area contributed by atoms with Gasteiger partial charge in [-0.2, -0.15) is 0 Å². The largest absolute Gasteiger partial charge is 0.0656 e. The molecule has 0 saturated carbocycles. The molecule has 14 heavy (non-hydrogen) atoms. The molecule has 0 N–H and O–H groups in total. The highest BCUT2D eigenvalue weighted by Gasteiger charge is 1.89. The van der Waals surface area contributed by atoms with E-state index >= 15 is 0 Å². The summed E-state index contributed by atoms with van der Waals surface area (Å²) in [5.41, 5.74) is 1.32. The van der Waals surface area contributed by atoms with E-state index in [1.807, 2.05) is 0 Å². The van der Waals surface area contributed by atoms with Crippen LogP contribution in [-0.2, 0) is 0 Å². The Kier molecular flexibility index (Phi) is 4.18. The van der Waals surface area contributed by atoms with E-state index < -0.39 is 0 Å². The first-order valence-electron chi connectivity index (χ1n) is 5.23. The average molecular weight is 186 g/mol. The summed E-state index contributed by atoms with van der Waals surface area (Å²) in [7, 11) is 0. The van der Waals surface area contributed by atoms with Gasteiger partial charge in [-0.3, -0.25) is 0 Å². The van der Waals surface area contributed by atoms with Gasteiger partial charge in [-0.15, -0.1) is 0 Å². The van der Waals surface area contributed by atoms with Crippen molar-refractivity contribution in [3.63, 3.8) is 0 Å². The second-order valence-corrected chi connectivity index (χ2v) is 3.56. The Morgan fingerprint density at radius 2 is 1.43 bits per heavy atom. The summed E-state index contributed by atoms with van der Waals surface area (Å²) >= 11 is 0. The van der Waals surface area contributed by atoms with Gasteiger partial charge < -0.3 is 0 Å².